The lowest BCUT2D eigenvalue weighted by Gasteiger charge is -2.25. The van der Waals surface area contributed by atoms with E-state index in [1.807, 2.05) is 46.8 Å². The van der Waals surface area contributed by atoms with Gasteiger partial charge in [-0.1, -0.05) is 12.1 Å². The van der Waals surface area contributed by atoms with Gasteiger partial charge in [0.15, 0.2) is 11.4 Å². The molecule has 1 fully saturated rings. The summed E-state index contributed by atoms with van der Waals surface area (Å²) in [5, 5.41) is 2.64. The summed E-state index contributed by atoms with van der Waals surface area (Å²) in [5.74, 6) is -0.125. The fourth-order valence-corrected chi connectivity index (χ4v) is 4.12. The van der Waals surface area contributed by atoms with E-state index >= 15 is 0 Å². The molecule has 3 rings (SSSR count). The molecule has 1 aromatic rings. The number of carbonyl (C=O) groups is 2. The van der Waals surface area contributed by atoms with Gasteiger partial charge in [0.1, 0.15) is 5.57 Å². The Kier molecular flexibility index (Phi) is 5.79. The van der Waals surface area contributed by atoms with Crippen LogP contribution in [0.4, 0.5) is 4.79 Å². The van der Waals surface area contributed by atoms with E-state index < -0.39 is 17.7 Å². The van der Waals surface area contributed by atoms with E-state index in [4.69, 9.17) is 14.2 Å². The molecular formula is C22H29NO5. The first kappa shape index (κ1) is 20.4. The molecule has 0 aromatic heterocycles. The first-order chi connectivity index (χ1) is 13.3. The zero-order chi connectivity index (χ0) is 20.5. The first-order valence-electron chi connectivity index (χ1n) is 9.95. The lowest BCUT2D eigenvalue weighted by Crippen LogP contribution is -2.34. The highest BCUT2D eigenvalue weighted by Crippen LogP contribution is 2.49. The molecule has 2 atom stereocenters. The smallest absolute Gasteiger partial charge is 0.412 e. The van der Waals surface area contributed by atoms with Gasteiger partial charge in [-0.3, -0.25) is 0 Å². The van der Waals surface area contributed by atoms with Crippen molar-refractivity contribution in [2.45, 2.75) is 65.6 Å². The average molecular weight is 387 g/mol. The summed E-state index contributed by atoms with van der Waals surface area (Å²) in [5.41, 5.74) is 3.32. The molecule has 1 amide bonds. The Morgan fingerprint density at radius 2 is 1.93 bits per heavy atom. The lowest BCUT2D eigenvalue weighted by atomic mass is 9.91. The Morgan fingerprint density at radius 3 is 2.61 bits per heavy atom. The minimum Gasteiger partial charge on any atom is -0.447 e. The summed E-state index contributed by atoms with van der Waals surface area (Å²) >= 11 is 0. The van der Waals surface area contributed by atoms with Crippen molar-refractivity contribution in [3.8, 4) is 0 Å². The molecule has 1 aliphatic carbocycles. The highest BCUT2D eigenvalue weighted by atomic mass is 16.6. The van der Waals surface area contributed by atoms with Crippen LogP contribution in [-0.2, 0) is 19.0 Å². The molecule has 1 heterocycles. The van der Waals surface area contributed by atoms with E-state index in [9.17, 15) is 9.59 Å². The van der Waals surface area contributed by atoms with Crippen molar-refractivity contribution in [3.05, 3.63) is 40.1 Å². The number of alkyl carbamates (subject to hydrolysis) is 1. The number of hydrogen-bond donors (Lipinski definition) is 1. The molecule has 0 radical (unpaired) electrons. The minimum absolute atomic E-state index is 0.0224. The van der Waals surface area contributed by atoms with E-state index in [1.54, 1.807) is 0 Å². The van der Waals surface area contributed by atoms with Crippen LogP contribution in [0.25, 0.3) is 5.57 Å². The second-order valence-electron chi connectivity index (χ2n) is 7.58. The Hall–Kier alpha value is -2.34. The van der Waals surface area contributed by atoms with E-state index in [2.05, 4.69) is 5.32 Å². The molecule has 1 aliphatic heterocycles. The zero-order valence-corrected chi connectivity index (χ0v) is 17.3. The van der Waals surface area contributed by atoms with Gasteiger partial charge in [-0.2, -0.15) is 0 Å². The van der Waals surface area contributed by atoms with Crippen molar-refractivity contribution < 1.29 is 23.8 Å². The van der Waals surface area contributed by atoms with Gasteiger partial charge in [0, 0.05) is 19.6 Å². The predicted molar refractivity (Wildman–Crippen MR) is 106 cm³/mol. The van der Waals surface area contributed by atoms with Gasteiger partial charge in [0.2, 0.25) is 0 Å². The van der Waals surface area contributed by atoms with Crippen LogP contribution in [0.1, 0.15) is 55.4 Å². The van der Waals surface area contributed by atoms with Gasteiger partial charge >= 0.3 is 12.1 Å². The van der Waals surface area contributed by atoms with Gasteiger partial charge in [-0.05, 0) is 69.7 Å². The Bertz CT molecular complexity index is 828. The van der Waals surface area contributed by atoms with E-state index in [0.717, 1.165) is 28.7 Å². The summed E-state index contributed by atoms with van der Waals surface area (Å²) in [4.78, 5) is 25.2. The van der Waals surface area contributed by atoms with Crippen molar-refractivity contribution in [2.75, 3.05) is 13.2 Å². The molecule has 1 saturated carbocycles. The van der Waals surface area contributed by atoms with Crippen molar-refractivity contribution >= 4 is 17.6 Å². The van der Waals surface area contributed by atoms with E-state index in [-0.39, 0.29) is 6.10 Å². The van der Waals surface area contributed by atoms with Crippen LogP contribution >= 0.6 is 0 Å². The number of nitrogens with one attached hydrogen (secondary N) is 1. The molecule has 6 heteroatoms. The van der Waals surface area contributed by atoms with Crippen LogP contribution in [0.15, 0.2) is 17.9 Å². The predicted octanol–water partition coefficient (Wildman–Crippen LogP) is 3.95. The van der Waals surface area contributed by atoms with Gasteiger partial charge < -0.3 is 19.5 Å². The van der Waals surface area contributed by atoms with Gasteiger partial charge in [-0.25, -0.2) is 9.59 Å². The molecule has 1 unspecified atom stereocenters. The molecular weight excluding hydrogens is 358 g/mol. The number of ether oxygens (including phenoxy) is 3. The second kappa shape index (κ2) is 7.95. The minimum atomic E-state index is -0.942. The maximum absolute atomic E-state index is 13.0. The van der Waals surface area contributed by atoms with Crippen LogP contribution in [0.5, 0.6) is 0 Å². The Labute approximate surface area is 166 Å². The molecule has 28 heavy (non-hydrogen) atoms. The number of benzene rings is 1. The van der Waals surface area contributed by atoms with Gasteiger partial charge in [0.25, 0.3) is 0 Å². The summed E-state index contributed by atoms with van der Waals surface area (Å²) < 4.78 is 17.3. The third-order valence-corrected chi connectivity index (χ3v) is 5.59. The summed E-state index contributed by atoms with van der Waals surface area (Å²) in [6, 6.07) is 4.01. The standard InChI is InChI=1S/C22H29NO5/c1-6-23-21(25)27-19-18(17-11-14(4)13(3)10-15(17)5)20(24)28-22(19)9-8-16(12-22)26-7-2/h10-11,16H,6-9,12H2,1-5H3,(H,23,25)/t16?,22-/m0/s1. The number of aryl methyl sites for hydroxylation is 3. The number of hydrogen-bond acceptors (Lipinski definition) is 5. The van der Waals surface area contributed by atoms with Crippen LogP contribution in [0.2, 0.25) is 0 Å². The van der Waals surface area contributed by atoms with E-state index in [0.29, 0.717) is 37.3 Å². The van der Waals surface area contributed by atoms with Crippen LogP contribution in [-0.4, -0.2) is 36.9 Å². The molecule has 1 aromatic carbocycles. The maximum Gasteiger partial charge on any atom is 0.412 e. The molecule has 1 spiro atoms. The summed E-state index contributed by atoms with van der Waals surface area (Å²) in [6.45, 7) is 10.8. The van der Waals surface area contributed by atoms with Crippen molar-refractivity contribution in [1.82, 2.24) is 5.32 Å². The van der Waals surface area contributed by atoms with Crippen molar-refractivity contribution in [2.24, 2.45) is 0 Å². The van der Waals surface area contributed by atoms with Crippen LogP contribution in [0, 0.1) is 20.8 Å². The zero-order valence-electron chi connectivity index (χ0n) is 17.3. The second-order valence-corrected chi connectivity index (χ2v) is 7.58. The molecule has 152 valence electrons. The lowest BCUT2D eigenvalue weighted by molar-refractivity contribution is -0.147. The Morgan fingerprint density at radius 1 is 1.21 bits per heavy atom. The van der Waals surface area contributed by atoms with Gasteiger partial charge in [-0.15, -0.1) is 0 Å². The molecule has 1 N–H and O–H groups in total. The summed E-state index contributed by atoms with van der Waals surface area (Å²) in [7, 11) is 0. The number of esters is 1. The fourth-order valence-electron chi connectivity index (χ4n) is 4.12. The van der Waals surface area contributed by atoms with Crippen molar-refractivity contribution in [1.29, 1.82) is 0 Å². The van der Waals surface area contributed by atoms with Crippen LogP contribution in [0.3, 0.4) is 0 Å². The highest BCUT2D eigenvalue weighted by Gasteiger charge is 2.55. The fraction of sp³-hybridized carbons (Fsp3) is 0.545. The third-order valence-electron chi connectivity index (χ3n) is 5.59. The van der Waals surface area contributed by atoms with E-state index in [1.165, 1.54) is 0 Å². The molecule has 2 aliphatic rings. The van der Waals surface area contributed by atoms with Crippen molar-refractivity contribution in [3.63, 3.8) is 0 Å². The number of carbonyl (C=O) groups excluding carboxylic acids is 2. The average Bonchev–Trinajstić information content (AvgIpc) is 3.13. The number of amides is 1. The summed E-state index contributed by atoms with van der Waals surface area (Å²) in [6.07, 6.45) is 1.22. The SMILES string of the molecule is CCNC(=O)OC1=C(c2cc(C)c(C)cc2C)C(=O)O[C@]12CCC(OCC)C2. The molecule has 0 saturated heterocycles. The van der Waals surface area contributed by atoms with Gasteiger partial charge in [0.05, 0.1) is 6.10 Å². The highest BCUT2D eigenvalue weighted by molar-refractivity contribution is 6.20. The maximum atomic E-state index is 13.0. The topological polar surface area (TPSA) is 73.9 Å². The van der Waals surface area contributed by atoms with Crippen LogP contribution < -0.4 is 5.32 Å². The molecule has 6 nitrogen and oxygen atoms in total. The first-order valence-corrected chi connectivity index (χ1v) is 9.95. The number of rotatable bonds is 5. The normalized spacial score (nSPS) is 24.0. The molecule has 0 bridgehead atoms. The largest absolute Gasteiger partial charge is 0.447 e. The Balaban J connectivity index is 2.11. The third kappa shape index (κ3) is 3.65. The monoisotopic (exact) mass is 387 g/mol. The quantitative estimate of drug-likeness (QED) is 0.775.